The van der Waals surface area contributed by atoms with Gasteiger partial charge in [0, 0.05) is 49.1 Å². The molecule has 2 N–H and O–H groups in total. The highest BCUT2D eigenvalue weighted by Crippen LogP contribution is 2.33. The van der Waals surface area contributed by atoms with Crippen LogP contribution in [0.15, 0.2) is 48.8 Å². The van der Waals surface area contributed by atoms with Crippen molar-refractivity contribution in [1.29, 1.82) is 0 Å². The summed E-state index contributed by atoms with van der Waals surface area (Å²) in [4.78, 5) is 19.2. The number of hydrogen-bond acceptors (Lipinski definition) is 4. The van der Waals surface area contributed by atoms with Gasteiger partial charge in [0.15, 0.2) is 0 Å². The number of carbonyl (C=O) groups excluding carboxylic acids is 1. The van der Waals surface area contributed by atoms with Gasteiger partial charge in [-0.3, -0.25) is 9.89 Å². The van der Waals surface area contributed by atoms with E-state index in [-0.39, 0.29) is 11.8 Å². The minimum absolute atomic E-state index is 0.0556. The predicted molar refractivity (Wildman–Crippen MR) is 110 cm³/mol. The van der Waals surface area contributed by atoms with Crippen molar-refractivity contribution in [2.24, 2.45) is 0 Å². The first-order valence-electron chi connectivity index (χ1n) is 9.69. The van der Waals surface area contributed by atoms with E-state index in [2.05, 4.69) is 51.7 Å². The van der Waals surface area contributed by atoms with Crippen LogP contribution in [0.2, 0.25) is 0 Å². The average molecular weight is 375 g/mol. The Kier molecular flexibility index (Phi) is 5.10. The van der Waals surface area contributed by atoms with Gasteiger partial charge in [-0.15, -0.1) is 0 Å². The van der Waals surface area contributed by atoms with Crippen molar-refractivity contribution in [3.05, 3.63) is 65.6 Å². The van der Waals surface area contributed by atoms with Crippen molar-refractivity contribution in [2.45, 2.75) is 25.7 Å². The number of carbonyl (C=O) groups is 1. The molecule has 1 amide bonds. The lowest BCUT2D eigenvalue weighted by Crippen LogP contribution is -2.39. The number of piperidine rings is 1. The van der Waals surface area contributed by atoms with Crippen molar-refractivity contribution in [1.82, 2.24) is 20.1 Å². The lowest BCUT2D eigenvalue weighted by Gasteiger charge is -2.33. The summed E-state index contributed by atoms with van der Waals surface area (Å²) in [7, 11) is 1.80. The molecule has 4 rings (SSSR count). The number of rotatable bonds is 4. The Labute approximate surface area is 165 Å². The number of amides is 1. The minimum Gasteiger partial charge on any atom is -0.373 e. The number of likely N-dealkylation sites (tertiary alicyclic amines) is 1. The third-order valence-electron chi connectivity index (χ3n) is 5.41. The van der Waals surface area contributed by atoms with Crippen molar-refractivity contribution in [3.8, 4) is 11.1 Å². The van der Waals surface area contributed by atoms with Crippen LogP contribution in [0.5, 0.6) is 0 Å². The molecule has 144 valence electrons. The highest BCUT2D eigenvalue weighted by atomic mass is 16.2. The number of benzene rings is 1. The SMILES string of the molecule is CNc1cc(C(=O)N2CCC[C@@H](c3[nH]ncc3-c3ccc(C)cc3)C2)ccn1. The molecule has 1 fully saturated rings. The first-order chi connectivity index (χ1) is 13.7. The predicted octanol–water partition coefficient (Wildman–Crippen LogP) is 3.84. The van der Waals surface area contributed by atoms with E-state index in [1.165, 1.54) is 5.56 Å². The smallest absolute Gasteiger partial charge is 0.254 e. The minimum atomic E-state index is 0.0556. The highest BCUT2D eigenvalue weighted by Gasteiger charge is 2.28. The molecule has 1 saturated heterocycles. The van der Waals surface area contributed by atoms with E-state index in [1.807, 2.05) is 11.1 Å². The standard InChI is InChI=1S/C22H25N5O/c1-15-5-7-16(8-6-15)19-13-25-26-21(19)18-4-3-11-27(14-18)22(28)17-9-10-24-20(12-17)23-2/h5-10,12-13,18H,3-4,11,14H2,1-2H3,(H,23,24)(H,25,26)/t18-/m1/s1. The van der Waals surface area contributed by atoms with E-state index in [0.29, 0.717) is 17.9 Å². The summed E-state index contributed by atoms with van der Waals surface area (Å²) in [5.41, 5.74) is 5.31. The third-order valence-corrected chi connectivity index (χ3v) is 5.41. The van der Waals surface area contributed by atoms with Gasteiger partial charge in [0.25, 0.3) is 5.91 Å². The first-order valence-corrected chi connectivity index (χ1v) is 9.69. The number of H-pyrrole nitrogens is 1. The van der Waals surface area contributed by atoms with Crippen LogP contribution in [0.4, 0.5) is 5.82 Å². The maximum Gasteiger partial charge on any atom is 0.254 e. The molecule has 0 unspecified atom stereocenters. The fourth-order valence-electron chi connectivity index (χ4n) is 3.85. The highest BCUT2D eigenvalue weighted by molar-refractivity contribution is 5.95. The van der Waals surface area contributed by atoms with Gasteiger partial charge in [-0.25, -0.2) is 4.98 Å². The molecule has 0 spiro atoms. The van der Waals surface area contributed by atoms with Gasteiger partial charge in [0.1, 0.15) is 5.82 Å². The zero-order valence-corrected chi connectivity index (χ0v) is 16.3. The Morgan fingerprint density at radius 1 is 1.25 bits per heavy atom. The summed E-state index contributed by atoms with van der Waals surface area (Å²) in [6.45, 7) is 3.56. The Bertz CT molecular complexity index is 963. The molecule has 0 saturated carbocycles. The summed E-state index contributed by atoms with van der Waals surface area (Å²) in [5, 5.41) is 10.5. The summed E-state index contributed by atoms with van der Waals surface area (Å²) in [5.74, 6) is 1.01. The number of aromatic nitrogens is 3. The van der Waals surface area contributed by atoms with Crippen LogP contribution in [-0.2, 0) is 0 Å². The normalized spacial score (nSPS) is 16.8. The molecule has 6 heteroatoms. The Morgan fingerprint density at radius 2 is 2.07 bits per heavy atom. The number of nitrogens with one attached hydrogen (secondary N) is 2. The molecule has 1 aliphatic rings. The number of anilines is 1. The summed E-state index contributed by atoms with van der Waals surface area (Å²) in [6, 6.07) is 12.1. The second-order valence-corrected chi connectivity index (χ2v) is 7.33. The zero-order valence-electron chi connectivity index (χ0n) is 16.3. The zero-order chi connectivity index (χ0) is 19.5. The van der Waals surface area contributed by atoms with Gasteiger partial charge < -0.3 is 10.2 Å². The van der Waals surface area contributed by atoms with Crippen LogP contribution in [0.3, 0.4) is 0 Å². The topological polar surface area (TPSA) is 73.9 Å². The monoisotopic (exact) mass is 375 g/mol. The molecular formula is C22H25N5O. The van der Waals surface area contributed by atoms with Crippen LogP contribution in [0, 0.1) is 6.92 Å². The molecule has 3 aromatic rings. The van der Waals surface area contributed by atoms with Crippen LogP contribution in [0.1, 0.15) is 40.4 Å². The molecular weight excluding hydrogens is 350 g/mol. The van der Waals surface area contributed by atoms with Crippen LogP contribution >= 0.6 is 0 Å². The van der Waals surface area contributed by atoms with Gasteiger partial charge in [0.2, 0.25) is 0 Å². The van der Waals surface area contributed by atoms with Crippen LogP contribution < -0.4 is 5.32 Å². The molecule has 0 bridgehead atoms. The van der Waals surface area contributed by atoms with E-state index in [0.717, 1.165) is 36.2 Å². The molecule has 1 atom stereocenters. The molecule has 1 aromatic carbocycles. The summed E-state index contributed by atoms with van der Waals surface area (Å²) >= 11 is 0. The van der Waals surface area contributed by atoms with Crippen molar-refractivity contribution < 1.29 is 4.79 Å². The molecule has 0 radical (unpaired) electrons. The fourth-order valence-corrected chi connectivity index (χ4v) is 3.85. The third kappa shape index (κ3) is 3.63. The quantitative estimate of drug-likeness (QED) is 0.727. The van der Waals surface area contributed by atoms with Crippen LogP contribution in [-0.4, -0.2) is 46.1 Å². The molecule has 2 aromatic heterocycles. The number of hydrogen-bond donors (Lipinski definition) is 2. The number of aromatic amines is 1. The van der Waals surface area contributed by atoms with E-state index >= 15 is 0 Å². The van der Waals surface area contributed by atoms with E-state index in [4.69, 9.17) is 0 Å². The van der Waals surface area contributed by atoms with E-state index in [9.17, 15) is 4.79 Å². The van der Waals surface area contributed by atoms with Gasteiger partial charge >= 0.3 is 0 Å². The van der Waals surface area contributed by atoms with Crippen molar-refractivity contribution >= 4 is 11.7 Å². The van der Waals surface area contributed by atoms with Gasteiger partial charge in [-0.1, -0.05) is 29.8 Å². The first kappa shape index (κ1) is 18.2. The fraction of sp³-hybridized carbons (Fsp3) is 0.318. The lowest BCUT2D eigenvalue weighted by molar-refractivity contribution is 0.0706. The Morgan fingerprint density at radius 3 is 2.86 bits per heavy atom. The Balaban J connectivity index is 1.55. The molecule has 1 aliphatic heterocycles. The van der Waals surface area contributed by atoms with E-state index in [1.54, 1.807) is 25.4 Å². The van der Waals surface area contributed by atoms with Gasteiger partial charge in [-0.05, 0) is 37.5 Å². The maximum atomic E-state index is 13.0. The maximum absolute atomic E-state index is 13.0. The summed E-state index contributed by atoms with van der Waals surface area (Å²) < 4.78 is 0. The second kappa shape index (κ2) is 7.84. The molecule has 3 heterocycles. The van der Waals surface area contributed by atoms with E-state index < -0.39 is 0 Å². The van der Waals surface area contributed by atoms with Crippen LogP contribution in [0.25, 0.3) is 11.1 Å². The van der Waals surface area contributed by atoms with Gasteiger partial charge in [0.05, 0.1) is 6.20 Å². The molecule has 28 heavy (non-hydrogen) atoms. The largest absolute Gasteiger partial charge is 0.373 e. The van der Waals surface area contributed by atoms with Crippen molar-refractivity contribution in [2.75, 3.05) is 25.5 Å². The molecule has 6 nitrogen and oxygen atoms in total. The van der Waals surface area contributed by atoms with Gasteiger partial charge in [-0.2, -0.15) is 5.10 Å². The Hall–Kier alpha value is -3.15. The van der Waals surface area contributed by atoms with Crippen molar-refractivity contribution in [3.63, 3.8) is 0 Å². The number of nitrogens with zero attached hydrogens (tertiary/aromatic N) is 3. The average Bonchev–Trinajstić information content (AvgIpc) is 3.24. The number of pyridine rings is 1. The summed E-state index contributed by atoms with van der Waals surface area (Å²) in [6.07, 6.45) is 5.59. The molecule has 0 aliphatic carbocycles. The lowest BCUT2D eigenvalue weighted by atomic mass is 9.90. The second-order valence-electron chi connectivity index (χ2n) is 7.33. The number of aryl methyl sites for hydroxylation is 1.